The van der Waals surface area contributed by atoms with Crippen LogP contribution in [0.3, 0.4) is 0 Å². The van der Waals surface area contributed by atoms with E-state index in [1.807, 2.05) is 6.26 Å². The number of benzene rings is 1. The Hall–Kier alpha value is -1.44. The molecule has 0 saturated heterocycles. The molecule has 6 nitrogen and oxygen atoms in total. The summed E-state index contributed by atoms with van der Waals surface area (Å²) in [6.45, 7) is 1.56. The molecule has 0 radical (unpaired) electrons. The zero-order chi connectivity index (χ0) is 16.8. The lowest BCUT2D eigenvalue weighted by Crippen LogP contribution is -2.45. The maximum absolute atomic E-state index is 11.9. The number of carbonyl (C=O) groups is 2. The molecule has 1 rings (SSSR count). The van der Waals surface area contributed by atoms with Crippen LogP contribution < -0.4 is 15.4 Å². The standard InChI is InChI=1S/C14H19ClN2O4S/c1-14(20,8-22-3)7-16-12(18)13(19)17-10-6-9(15)4-5-11(10)21-2/h4-6,20H,7-8H2,1-3H3,(H,16,18)(H,17,19). The minimum atomic E-state index is -1.08. The smallest absolute Gasteiger partial charge is 0.313 e. The van der Waals surface area contributed by atoms with E-state index < -0.39 is 17.4 Å². The molecule has 8 heteroatoms. The van der Waals surface area contributed by atoms with E-state index in [1.54, 1.807) is 19.1 Å². The first kappa shape index (κ1) is 18.6. The van der Waals surface area contributed by atoms with Gasteiger partial charge in [-0.2, -0.15) is 11.8 Å². The summed E-state index contributed by atoms with van der Waals surface area (Å²) >= 11 is 7.29. The average Bonchev–Trinajstić information content (AvgIpc) is 2.45. The molecule has 0 aliphatic heterocycles. The van der Waals surface area contributed by atoms with Crippen LogP contribution in [-0.2, 0) is 9.59 Å². The van der Waals surface area contributed by atoms with Gasteiger partial charge in [0.15, 0.2) is 0 Å². The highest BCUT2D eigenvalue weighted by Crippen LogP contribution is 2.27. The van der Waals surface area contributed by atoms with Gasteiger partial charge >= 0.3 is 11.8 Å². The van der Waals surface area contributed by atoms with Gasteiger partial charge in [-0.1, -0.05) is 11.6 Å². The van der Waals surface area contributed by atoms with E-state index in [0.29, 0.717) is 22.2 Å². The highest BCUT2D eigenvalue weighted by atomic mass is 35.5. The molecule has 122 valence electrons. The first-order valence-electron chi connectivity index (χ1n) is 6.43. The Kier molecular flexibility index (Phi) is 6.99. The first-order chi connectivity index (χ1) is 10.3. The number of methoxy groups -OCH3 is 1. The predicted octanol–water partition coefficient (Wildman–Crippen LogP) is 1.52. The molecule has 22 heavy (non-hydrogen) atoms. The van der Waals surface area contributed by atoms with Gasteiger partial charge in [0.05, 0.1) is 18.4 Å². The monoisotopic (exact) mass is 346 g/mol. The molecule has 1 atom stereocenters. The second kappa shape index (κ2) is 8.26. The lowest BCUT2D eigenvalue weighted by molar-refractivity contribution is -0.136. The molecule has 0 bridgehead atoms. The number of ether oxygens (including phenoxy) is 1. The van der Waals surface area contributed by atoms with Crippen molar-refractivity contribution in [2.75, 3.05) is 31.0 Å². The fourth-order valence-corrected chi connectivity index (χ4v) is 2.57. The number of rotatable bonds is 6. The Morgan fingerprint density at radius 1 is 1.41 bits per heavy atom. The van der Waals surface area contributed by atoms with Crippen LogP contribution in [0.4, 0.5) is 5.69 Å². The molecule has 2 amide bonds. The van der Waals surface area contributed by atoms with Crippen molar-refractivity contribution in [3.8, 4) is 5.75 Å². The van der Waals surface area contributed by atoms with Crippen molar-refractivity contribution >= 4 is 40.9 Å². The molecule has 0 fully saturated rings. The Morgan fingerprint density at radius 2 is 2.09 bits per heavy atom. The topological polar surface area (TPSA) is 87.7 Å². The van der Waals surface area contributed by atoms with Gasteiger partial charge in [-0.15, -0.1) is 0 Å². The van der Waals surface area contributed by atoms with Crippen molar-refractivity contribution in [2.24, 2.45) is 0 Å². The summed E-state index contributed by atoms with van der Waals surface area (Å²) in [5.41, 5.74) is -0.783. The fraction of sp³-hybridized carbons (Fsp3) is 0.429. The van der Waals surface area contributed by atoms with Crippen LogP contribution in [0.5, 0.6) is 5.75 Å². The number of amides is 2. The number of halogens is 1. The highest BCUT2D eigenvalue weighted by molar-refractivity contribution is 7.98. The highest BCUT2D eigenvalue weighted by Gasteiger charge is 2.23. The fourth-order valence-electron chi connectivity index (χ4n) is 1.67. The van der Waals surface area contributed by atoms with Gasteiger partial charge in [-0.05, 0) is 31.4 Å². The number of thioether (sulfide) groups is 1. The summed E-state index contributed by atoms with van der Waals surface area (Å²) in [6, 6.07) is 4.67. The molecular formula is C14H19ClN2O4S. The normalized spacial score (nSPS) is 13.1. The van der Waals surface area contributed by atoms with Crippen molar-refractivity contribution < 1.29 is 19.4 Å². The van der Waals surface area contributed by atoms with Crippen molar-refractivity contribution in [2.45, 2.75) is 12.5 Å². The first-order valence-corrected chi connectivity index (χ1v) is 8.20. The van der Waals surface area contributed by atoms with Gasteiger partial charge in [0.2, 0.25) is 0 Å². The molecule has 1 aromatic rings. The van der Waals surface area contributed by atoms with Crippen molar-refractivity contribution in [3.05, 3.63) is 23.2 Å². The summed E-state index contributed by atoms with van der Waals surface area (Å²) in [4.78, 5) is 23.6. The molecule has 0 aromatic heterocycles. The lowest BCUT2D eigenvalue weighted by Gasteiger charge is -2.22. The molecule has 0 saturated carbocycles. The van der Waals surface area contributed by atoms with Crippen molar-refractivity contribution in [3.63, 3.8) is 0 Å². The van der Waals surface area contributed by atoms with E-state index in [1.165, 1.54) is 24.9 Å². The van der Waals surface area contributed by atoms with Crippen LogP contribution in [-0.4, -0.2) is 48.2 Å². The molecule has 0 aliphatic rings. The summed E-state index contributed by atoms with van der Waals surface area (Å²) in [5.74, 6) is -0.874. The van der Waals surface area contributed by atoms with E-state index in [4.69, 9.17) is 16.3 Å². The van der Waals surface area contributed by atoms with Gasteiger partial charge in [0.25, 0.3) is 0 Å². The van der Waals surface area contributed by atoms with E-state index >= 15 is 0 Å². The number of anilines is 1. The molecule has 3 N–H and O–H groups in total. The van der Waals surface area contributed by atoms with Crippen LogP contribution in [0.1, 0.15) is 6.92 Å². The zero-order valence-electron chi connectivity index (χ0n) is 12.6. The van der Waals surface area contributed by atoms with Crippen LogP contribution >= 0.6 is 23.4 Å². The van der Waals surface area contributed by atoms with Crippen LogP contribution in [0.15, 0.2) is 18.2 Å². The third-order valence-corrected chi connectivity index (χ3v) is 3.85. The Balaban J connectivity index is 2.65. The number of nitrogens with one attached hydrogen (secondary N) is 2. The Labute approximate surface area is 138 Å². The van der Waals surface area contributed by atoms with Crippen LogP contribution in [0, 0.1) is 0 Å². The van der Waals surface area contributed by atoms with Crippen molar-refractivity contribution in [1.82, 2.24) is 5.32 Å². The Morgan fingerprint density at radius 3 is 2.68 bits per heavy atom. The Bertz CT molecular complexity index is 552. The van der Waals surface area contributed by atoms with Gasteiger partial charge < -0.3 is 20.5 Å². The predicted molar refractivity (Wildman–Crippen MR) is 88.6 cm³/mol. The van der Waals surface area contributed by atoms with Crippen LogP contribution in [0.25, 0.3) is 0 Å². The maximum Gasteiger partial charge on any atom is 0.313 e. The van der Waals surface area contributed by atoms with Crippen molar-refractivity contribution in [1.29, 1.82) is 0 Å². The van der Waals surface area contributed by atoms with E-state index in [-0.39, 0.29) is 6.54 Å². The zero-order valence-corrected chi connectivity index (χ0v) is 14.2. The molecule has 1 aromatic carbocycles. The van der Waals surface area contributed by atoms with Gasteiger partial charge in [-0.25, -0.2) is 0 Å². The third kappa shape index (κ3) is 5.75. The van der Waals surface area contributed by atoms with E-state index in [0.717, 1.165) is 0 Å². The SMILES string of the molecule is COc1ccc(Cl)cc1NC(=O)C(=O)NCC(C)(O)CSC. The van der Waals surface area contributed by atoms with E-state index in [2.05, 4.69) is 10.6 Å². The van der Waals surface area contributed by atoms with E-state index in [9.17, 15) is 14.7 Å². The second-order valence-corrected chi connectivity index (χ2v) is 6.21. The largest absolute Gasteiger partial charge is 0.495 e. The molecule has 0 spiro atoms. The van der Waals surface area contributed by atoms with Gasteiger partial charge in [-0.3, -0.25) is 9.59 Å². The molecule has 0 heterocycles. The number of hydrogen-bond acceptors (Lipinski definition) is 5. The minimum absolute atomic E-state index is 0.0211. The minimum Gasteiger partial charge on any atom is -0.495 e. The summed E-state index contributed by atoms with van der Waals surface area (Å²) in [7, 11) is 1.44. The van der Waals surface area contributed by atoms with Gasteiger partial charge in [0.1, 0.15) is 5.75 Å². The quantitative estimate of drug-likeness (QED) is 0.680. The summed E-state index contributed by atoms with van der Waals surface area (Å²) in [5, 5.41) is 15.2. The van der Waals surface area contributed by atoms with Gasteiger partial charge in [0, 0.05) is 17.3 Å². The summed E-state index contributed by atoms with van der Waals surface area (Å²) in [6.07, 6.45) is 1.84. The molecular weight excluding hydrogens is 328 g/mol. The lowest BCUT2D eigenvalue weighted by atomic mass is 10.1. The number of hydrogen-bond donors (Lipinski definition) is 3. The van der Waals surface area contributed by atoms with Crippen LogP contribution in [0.2, 0.25) is 5.02 Å². The number of carbonyl (C=O) groups excluding carboxylic acids is 2. The molecule has 0 aliphatic carbocycles. The average molecular weight is 347 g/mol. The second-order valence-electron chi connectivity index (χ2n) is 4.91. The summed E-state index contributed by atoms with van der Waals surface area (Å²) < 4.78 is 5.08. The third-order valence-electron chi connectivity index (χ3n) is 2.70. The molecule has 1 unspecified atom stereocenters. The maximum atomic E-state index is 11.9. The number of aliphatic hydroxyl groups is 1.